The molecule has 1 aliphatic heterocycles. The van der Waals surface area contributed by atoms with Crippen molar-refractivity contribution >= 4 is 23.7 Å². The van der Waals surface area contributed by atoms with Crippen LogP contribution in [0.3, 0.4) is 0 Å². The lowest BCUT2D eigenvalue weighted by atomic mass is 10.0. The number of amides is 1. The van der Waals surface area contributed by atoms with Crippen molar-refractivity contribution in [2.75, 3.05) is 5.32 Å². The molecule has 0 aromatic heterocycles. The van der Waals surface area contributed by atoms with E-state index in [9.17, 15) is 9.90 Å². The van der Waals surface area contributed by atoms with E-state index in [0.717, 1.165) is 16.9 Å². The number of rotatable bonds is 3. The third-order valence-electron chi connectivity index (χ3n) is 3.63. The van der Waals surface area contributed by atoms with Gasteiger partial charge in [0.2, 0.25) is 5.91 Å². The number of phenolic OH excluding ortho intramolecular Hbond substituents is 1. The Morgan fingerprint density at radius 2 is 1.92 bits per heavy atom. The van der Waals surface area contributed by atoms with Gasteiger partial charge in [-0.2, -0.15) is 0 Å². The number of phenols is 1. The molecule has 2 aromatic carbocycles. The van der Waals surface area contributed by atoms with E-state index < -0.39 is 0 Å². The topological polar surface area (TPSA) is 58.6 Å². The molecule has 4 nitrogen and oxygen atoms in total. The minimum absolute atomic E-state index is 0.198. The highest BCUT2D eigenvalue weighted by atomic mass is 16.5. The summed E-state index contributed by atoms with van der Waals surface area (Å²) in [5, 5.41) is 12.1. The summed E-state index contributed by atoms with van der Waals surface area (Å²) in [5.41, 5.74) is 2.17. The van der Waals surface area contributed by atoms with Crippen LogP contribution in [0.15, 0.2) is 54.6 Å². The number of carbonyl (C=O) groups excluding carboxylic acids is 1. The number of aromatic hydroxyl groups is 1. The summed E-state index contributed by atoms with van der Waals surface area (Å²) in [7, 11) is 0. The summed E-state index contributed by atoms with van der Waals surface area (Å²) in [6, 6.07) is 12.2. The average molecular weight is 321 g/mol. The van der Waals surface area contributed by atoms with E-state index in [1.54, 1.807) is 30.3 Å². The van der Waals surface area contributed by atoms with Crippen molar-refractivity contribution in [3.05, 3.63) is 65.7 Å². The van der Waals surface area contributed by atoms with Gasteiger partial charge >= 0.3 is 0 Å². The van der Waals surface area contributed by atoms with Crippen LogP contribution < -0.4 is 10.1 Å². The van der Waals surface area contributed by atoms with Crippen LogP contribution in [0.1, 0.15) is 25.0 Å². The zero-order valence-electron chi connectivity index (χ0n) is 13.6. The lowest BCUT2D eigenvalue weighted by Gasteiger charge is -2.28. The van der Waals surface area contributed by atoms with E-state index in [0.29, 0.717) is 5.69 Å². The maximum atomic E-state index is 12.0. The Balaban J connectivity index is 1.68. The molecule has 0 radical (unpaired) electrons. The smallest absolute Gasteiger partial charge is 0.248 e. The molecule has 2 N–H and O–H groups in total. The molecule has 122 valence electrons. The molecular formula is C20H19NO3. The highest BCUT2D eigenvalue weighted by Crippen LogP contribution is 2.32. The fourth-order valence-corrected chi connectivity index (χ4v) is 2.40. The van der Waals surface area contributed by atoms with Gasteiger partial charge in [0.1, 0.15) is 17.1 Å². The van der Waals surface area contributed by atoms with Gasteiger partial charge in [0, 0.05) is 17.3 Å². The van der Waals surface area contributed by atoms with Crippen molar-refractivity contribution in [2.24, 2.45) is 0 Å². The van der Waals surface area contributed by atoms with E-state index in [4.69, 9.17) is 4.74 Å². The third kappa shape index (κ3) is 3.84. The first-order valence-electron chi connectivity index (χ1n) is 7.72. The van der Waals surface area contributed by atoms with Crippen molar-refractivity contribution in [2.45, 2.75) is 19.4 Å². The molecule has 1 heterocycles. The lowest BCUT2D eigenvalue weighted by Crippen LogP contribution is -2.27. The second-order valence-corrected chi connectivity index (χ2v) is 6.21. The second kappa shape index (κ2) is 6.24. The first-order chi connectivity index (χ1) is 11.4. The second-order valence-electron chi connectivity index (χ2n) is 6.21. The van der Waals surface area contributed by atoms with Crippen molar-refractivity contribution in [3.63, 3.8) is 0 Å². The molecule has 24 heavy (non-hydrogen) atoms. The highest BCUT2D eigenvalue weighted by molar-refractivity contribution is 6.02. The minimum Gasteiger partial charge on any atom is -0.508 e. The molecule has 0 aliphatic carbocycles. The summed E-state index contributed by atoms with van der Waals surface area (Å²) in [5.74, 6) is 0.785. The van der Waals surface area contributed by atoms with Gasteiger partial charge in [-0.3, -0.25) is 4.79 Å². The molecule has 0 atom stereocenters. The molecule has 0 fully saturated rings. The maximum Gasteiger partial charge on any atom is 0.248 e. The van der Waals surface area contributed by atoms with Crippen LogP contribution in [-0.4, -0.2) is 16.6 Å². The first-order valence-corrected chi connectivity index (χ1v) is 7.72. The van der Waals surface area contributed by atoms with Crippen molar-refractivity contribution < 1.29 is 14.6 Å². The predicted octanol–water partition coefficient (Wildman–Crippen LogP) is 4.23. The quantitative estimate of drug-likeness (QED) is 0.832. The van der Waals surface area contributed by atoms with E-state index in [1.165, 1.54) is 6.08 Å². The monoisotopic (exact) mass is 321 g/mol. The fourth-order valence-electron chi connectivity index (χ4n) is 2.40. The number of ether oxygens (including phenoxy) is 1. The predicted molar refractivity (Wildman–Crippen MR) is 96.0 cm³/mol. The summed E-state index contributed by atoms with van der Waals surface area (Å²) < 4.78 is 5.86. The summed E-state index contributed by atoms with van der Waals surface area (Å²) in [6.07, 6.45) is 7.15. The molecule has 0 unspecified atom stereocenters. The van der Waals surface area contributed by atoms with Gasteiger partial charge in [-0.25, -0.2) is 0 Å². The van der Waals surface area contributed by atoms with Crippen LogP contribution in [-0.2, 0) is 4.79 Å². The Morgan fingerprint density at radius 1 is 1.17 bits per heavy atom. The van der Waals surface area contributed by atoms with E-state index in [1.807, 2.05) is 44.2 Å². The van der Waals surface area contributed by atoms with Crippen LogP contribution in [0.25, 0.3) is 12.2 Å². The van der Waals surface area contributed by atoms with Gasteiger partial charge in [0.05, 0.1) is 0 Å². The molecule has 0 bridgehead atoms. The molecule has 4 heteroatoms. The SMILES string of the molecule is CC1(C)C=Cc2cc(NC(=O)/C=C/c3ccc(O)cc3)ccc2O1. The Hall–Kier alpha value is -3.01. The van der Waals surface area contributed by atoms with Crippen LogP contribution in [0.5, 0.6) is 11.5 Å². The number of carbonyl (C=O) groups is 1. The van der Waals surface area contributed by atoms with Gasteiger partial charge in [-0.05, 0) is 61.9 Å². The summed E-state index contributed by atoms with van der Waals surface area (Å²) in [4.78, 5) is 12.0. The zero-order chi connectivity index (χ0) is 17.2. The van der Waals surface area contributed by atoms with Crippen molar-refractivity contribution in [1.29, 1.82) is 0 Å². The Morgan fingerprint density at radius 3 is 2.67 bits per heavy atom. The molecule has 1 aliphatic rings. The summed E-state index contributed by atoms with van der Waals surface area (Å²) in [6.45, 7) is 3.99. The Bertz CT molecular complexity index is 817. The summed E-state index contributed by atoms with van der Waals surface area (Å²) >= 11 is 0. The van der Waals surface area contributed by atoms with E-state index in [2.05, 4.69) is 5.32 Å². The van der Waals surface area contributed by atoms with Gasteiger partial charge < -0.3 is 15.2 Å². The van der Waals surface area contributed by atoms with Crippen molar-refractivity contribution in [1.82, 2.24) is 0 Å². The first kappa shape index (κ1) is 15.9. The molecule has 0 spiro atoms. The van der Waals surface area contributed by atoms with Gasteiger partial charge in [-0.15, -0.1) is 0 Å². The average Bonchev–Trinajstić information content (AvgIpc) is 2.54. The Labute approximate surface area is 141 Å². The van der Waals surface area contributed by atoms with Crippen LogP contribution in [0.2, 0.25) is 0 Å². The van der Waals surface area contributed by atoms with Gasteiger partial charge in [0.25, 0.3) is 0 Å². The molecule has 0 saturated carbocycles. The van der Waals surface area contributed by atoms with Gasteiger partial charge in [-0.1, -0.05) is 18.2 Å². The largest absolute Gasteiger partial charge is 0.508 e. The highest BCUT2D eigenvalue weighted by Gasteiger charge is 2.21. The lowest BCUT2D eigenvalue weighted by molar-refractivity contribution is -0.111. The van der Waals surface area contributed by atoms with E-state index >= 15 is 0 Å². The number of anilines is 1. The molecular weight excluding hydrogens is 302 g/mol. The van der Waals surface area contributed by atoms with Crippen LogP contribution >= 0.6 is 0 Å². The van der Waals surface area contributed by atoms with Crippen LogP contribution in [0, 0.1) is 0 Å². The van der Waals surface area contributed by atoms with Crippen molar-refractivity contribution in [3.8, 4) is 11.5 Å². The number of fused-ring (bicyclic) bond motifs is 1. The normalized spacial score (nSPS) is 14.9. The van der Waals surface area contributed by atoms with E-state index in [-0.39, 0.29) is 17.3 Å². The number of hydrogen-bond acceptors (Lipinski definition) is 3. The number of hydrogen-bond donors (Lipinski definition) is 2. The zero-order valence-corrected chi connectivity index (χ0v) is 13.6. The standard InChI is InChI=1S/C20H19NO3/c1-20(2)12-11-15-13-16(6-9-18(15)24-20)21-19(23)10-5-14-3-7-17(22)8-4-14/h3-13,22H,1-2H3,(H,21,23)/b10-5+. The maximum absolute atomic E-state index is 12.0. The number of nitrogens with one attached hydrogen (secondary N) is 1. The van der Waals surface area contributed by atoms with Gasteiger partial charge in [0.15, 0.2) is 0 Å². The van der Waals surface area contributed by atoms with Crippen LogP contribution in [0.4, 0.5) is 5.69 Å². The fraction of sp³-hybridized carbons (Fsp3) is 0.150. The molecule has 2 aromatic rings. The molecule has 3 rings (SSSR count). The Kier molecular flexibility index (Phi) is 4.13. The number of benzene rings is 2. The third-order valence-corrected chi connectivity index (χ3v) is 3.63. The molecule has 1 amide bonds. The minimum atomic E-state index is -0.315. The molecule has 0 saturated heterocycles.